The summed E-state index contributed by atoms with van der Waals surface area (Å²) in [4.78, 5) is 37.7. The summed E-state index contributed by atoms with van der Waals surface area (Å²) in [6.07, 6.45) is 0. The summed E-state index contributed by atoms with van der Waals surface area (Å²) in [6.45, 7) is 5.42. The number of hydrogen-bond donors (Lipinski definition) is 2. The van der Waals surface area contributed by atoms with Gasteiger partial charge >= 0.3 is 5.97 Å². The largest absolute Gasteiger partial charge is 0.480 e. The smallest absolute Gasteiger partial charge is 0.327 e. The molecule has 0 spiro atoms. The van der Waals surface area contributed by atoms with Gasteiger partial charge in [0.2, 0.25) is 11.8 Å². The van der Waals surface area contributed by atoms with Crippen LogP contribution in [0.2, 0.25) is 0 Å². The first-order chi connectivity index (χ1) is 11.2. The maximum absolute atomic E-state index is 12.5. The molecular weight excluding hydrogens is 328 g/mol. The molecule has 24 heavy (non-hydrogen) atoms. The van der Waals surface area contributed by atoms with Crippen molar-refractivity contribution in [1.29, 1.82) is 0 Å². The van der Waals surface area contributed by atoms with Crippen LogP contribution in [0.25, 0.3) is 0 Å². The van der Waals surface area contributed by atoms with E-state index < -0.39 is 22.8 Å². The van der Waals surface area contributed by atoms with E-state index in [-0.39, 0.29) is 23.1 Å². The minimum atomic E-state index is -1.01. The van der Waals surface area contributed by atoms with E-state index in [0.717, 1.165) is 5.56 Å². The zero-order chi connectivity index (χ0) is 17.6. The van der Waals surface area contributed by atoms with Crippen LogP contribution in [-0.2, 0) is 14.4 Å². The molecule has 7 heteroatoms. The molecule has 1 unspecified atom stereocenters. The van der Waals surface area contributed by atoms with E-state index >= 15 is 0 Å². The number of carboxylic acids is 1. The number of hydrogen-bond acceptors (Lipinski definition) is 4. The molecule has 0 saturated carbocycles. The van der Waals surface area contributed by atoms with Crippen LogP contribution < -0.4 is 5.32 Å². The van der Waals surface area contributed by atoms with Gasteiger partial charge in [0.1, 0.15) is 17.5 Å². The fourth-order valence-electron chi connectivity index (χ4n) is 3.32. The van der Waals surface area contributed by atoms with E-state index in [2.05, 4.69) is 5.32 Å². The number of aliphatic carboxylic acids is 1. The molecule has 1 aromatic carbocycles. The lowest BCUT2D eigenvalue weighted by atomic mass is 9.95. The normalized spacial score (nSPS) is 28.7. The molecule has 2 saturated heterocycles. The molecule has 0 radical (unpaired) electrons. The number of carbonyl (C=O) groups excluding carboxylic acids is 2. The monoisotopic (exact) mass is 348 g/mol. The second-order valence-electron chi connectivity index (χ2n) is 6.72. The summed E-state index contributed by atoms with van der Waals surface area (Å²) in [5, 5.41) is 11.9. The maximum atomic E-state index is 12.5. The Morgan fingerprint density at radius 1 is 1.29 bits per heavy atom. The van der Waals surface area contributed by atoms with Gasteiger partial charge in [-0.05, 0) is 26.3 Å². The molecule has 1 aromatic rings. The van der Waals surface area contributed by atoms with E-state index in [1.54, 1.807) is 6.92 Å². The Balaban J connectivity index is 1.71. The van der Waals surface area contributed by atoms with E-state index in [1.165, 1.54) is 16.7 Å². The molecule has 2 amide bonds. The molecule has 2 N–H and O–H groups in total. The second kappa shape index (κ2) is 5.81. The standard InChI is InChI=1S/C17H20N2O4S/c1-9(10-7-5-4-6-8-10)13(20)18-11-14(21)19-12(16(22)23)17(2,3)24-15(11)19/h4-9,11-12,15H,1-3H3,(H,18,20)(H,22,23)/t9?,11-,12+,15-/m1/s1. The van der Waals surface area contributed by atoms with Crippen molar-refractivity contribution in [3.05, 3.63) is 35.9 Å². The maximum Gasteiger partial charge on any atom is 0.327 e. The zero-order valence-corrected chi connectivity index (χ0v) is 14.5. The summed E-state index contributed by atoms with van der Waals surface area (Å²) >= 11 is 1.42. The highest BCUT2D eigenvalue weighted by molar-refractivity contribution is 8.01. The first-order valence-electron chi connectivity index (χ1n) is 7.82. The van der Waals surface area contributed by atoms with Gasteiger partial charge in [0, 0.05) is 4.75 Å². The molecule has 6 nitrogen and oxygen atoms in total. The molecule has 3 rings (SSSR count). The van der Waals surface area contributed by atoms with Crippen LogP contribution in [0.3, 0.4) is 0 Å². The lowest BCUT2D eigenvalue weighted by molar-refractivity contribution is -0.161. The van der Waals surface area contributed by atoms with E-state index in [1.807, 2.05) is 44.2 Å². The number of nitrogens with one attached hydrogen (secondary N) is 1. The van der Waals surface area contributed by atoms with Gasteiger partial charge in [-0.15, -0.1) is 11.8 Å². The van der Waals surface area contributed by atoms with Gasteiger partial charge in [-0.25, -0.2) is 4.79 Å². The third-order valence-corrected chi connectivity index (χ3v) is 6.24. The lowest BCUT2D eigenvalue weighted by Crippen LogP contribution is -2.70. The Kier molecular flexibility index (Phi) is 4.07. The Bertz CT molecular complexity index is 691. The van der Waals surface area contributed by atoms with Crippen molar-refractivity contribution in [2.24, 2.45) is 0 Å². The summed E-state index contributed by atoms with van der Waals surface area (Å²) < 4.78 is -0.587. The van der Waals surface area contributed by atoms with Crippen molar-refractivity contribution in [1.82, 2.24) is 10.2 Å². The van der Waals surface area contributed by atoms with Crippen molar-refractivity contribution >= 4 is 29.5 Å². The summed E-state index contributed by atoms with van der Waals surface area (Å²) in [7, 11) is 0. The van der Waals surface area contributed by atoms with Crippen molar-refractivity contribution in [3.8, 4) is 0 Å². The molecule has 2 aliphatic rings. The van der Waals surface area contributed by atoms with Gasteiger partial charge in [-0.1, -0.05) is 30.3 Å². The molecule has 2 fully saturated rings. The van der Waals surface area contributed by atoms with Crippen LogP contribution in [0.15, 0.2) is 30.3 Å². The van der Waals surface area contributed by atoms with Gasteiger partial charge in [-0.3, -0.25) is 9.59 Å². The summed E-state index contributed by atoms with van der Waals surface area (Å²) in [6, 6.07) is 7.83. The lowest BCUT2D eigenvalue weighted by Gasteiger charge is -2.43. The van der Waals surface area contributed by atoms with Gasteiger partial charge in [-0.2, -0.15) is 0 Å². The third-order valence-electron chi connectivity index (χ3n) is 4.67. The Morgan fingerprint density at radius 3 is 2.50 bits per heavy atom. The fraction of sp³-hybridized carbons (Fsp3) is 0.471. The third kappa shape index (κ3) is 2.56. The van der Waals surface area contributed by atoms with Crippen molar-refractivity contribution in [3.63, 3.8) is 0 Å². The Morgan fingerprint density at radius 2 is 1.92 bits per heavy atom. The van der Waals surface area contributed by atoms with Crippen molar-refractivity contribution in [2.45, 2.75) is 48.9 Å². The number of rotatable bonds is 4. The predicted molar refractivity (Wildman–Crippen MR) is 90.5 cm³/mol. The number of carboxylic acid groups (broad SMARTS) is 1. The predicted octanol–water partition coefficient (Wildman–Crippen LogP) is 1.42. The first-order valence-corrected chi connectivity index (χ1v) is 8.70. The first kappa shape index (κ1) is 16.8. The van der Waals surface area contributed by atoms with E-state index in [4.69, 9.17) is 0 Å². The number of carbonyl (C=O) groups is 3. The highest BCUT2D eigenvalue weighted by atomic mass is 32.2. The van der Waals surface area contributed by atoms with E-state index in [0.29, 0.717) is 0 Å². The van der Waals surface area contributed by atoms with Crippen molar-refractivity contribution < 1.29 is 19.5 Å². The average Bonchev–Trinajstić information content (AvgIpc) is 2.80. The van der Waals surface area contributed by atoms with Crippen LogP contribution in [-0.4, -0.2) is 50.0 Å². The molecule has 0 aromatic heterocycles. The highest BCUT2D eigenvalue weighted by Gasteiger charge is 2.64. The zero-order valence-electron chi connectivity index (χ0n) is 13.7. The molecule has 2 heterocycles. The van der Waals surface area contributed by atoms with Gasteiger partial charge in [0.05, 0.1) is 5.92 Å². The highest BCUT2D eigenvalue weighted by Crippen LogP contribution is 2.50. The minimum Gasteiger partial charge on any atom is -0.480 e. The average molecular weight is 348 g/mol. The second-order valence-corrected chi connectivity index (χ2v) is 8.49. The fourth-order valence-corrected chi connectivity index (χ4v) is 4.94. The molecule has 4 atom stereocenters. The number of thioether (sulfide) groups is 1. The van der Waals surface area contributed by atoms with Gasteiger partial charge in [0.25, 0.3) is 0 Å². The van der Waals surface area contributed by atoms with E-state index in [9.17, 15) is 19.5 Å². The quantitative estimate of drug-likeness (QED) is 0.804. The number of amides is 2. The van der Waals surface area contributed by atoms with Crippen LogP contribution in [0.4, 0.5) is 0 Å². The number of nitrogens with zero attached hydrogens (tertiary/aromatic N) is 1. The van der Waals surface area contributed by atoms with Gasteiger partial charge < -0.3 is 15.3 Å². The van der Waals surface area contributed by atoms with Gasteiger partial charge in [0.15, 0.2) is 0 Å². The van der Waals surface area contributed by atoms with Crippen LogP contribution in [0.5, 0.6) is 0 Å². The number of fused-ring (bicyclic) bond motifs is 1. The summed E-state index contributed by atoms with van der Waals surface area (Å²) in [5.41, 5.74) is 0.876. The molecule has 0 bridgehead atoms. The topological polar surface area (TPSA) is 86.7 Å². The van der Waals surface area contributed by atoms with Crippen molar-refractivity contribution in [2.75, 3.05) is 0 Å². The summed E-state index contributed by atoms with van der Waals surface area (Å²) in [5.74, 6) is -1.93. The Hall–Kier alpha value is -2.02. The molecule has 2 aliphatic heterocycles. The van der Waals surface area contributed by atoms with Crippen LogP contribution >= 0.6 is 11.8 Å². The molecular formula is C17H20N2O4S. The molecule has 0 aliphatic carbocycles. The van der Waals surface area contributed by atoms with Crippen LogP contribution in [0, 0.1) is 0 Å². The Labute approximate surface area is 144 Å². The van der Waals surface area contributed by atoms with Crippen LogP contribution in [0.1, 0.15) is 32.3 Å². The molecule has 128 valence electrons. The minimum absolute atomic E-state index is 0.226. The number of β-lactam (4-membered cyclic amide) rings is 1. The number of benzene rings is 1. The SMILES string of the molecule is CC(C(=O)N[C@@H]1C(=O)N2[C@@H]1SC(C)(C)[C@@H]2C(=O)O)c1ccccc1.